The van der Waals surface area contributed by atoms with Crippen LogP contribution in [0, 0.1) is 41.4 Å². The van der Waals surface area contributed by atoms with Crippen molar-refractivity contribution < 1.29 is 72.9 Å². The molecule has 0 aliphatic carbocycles. The maximum atomic E-state index is 14.2. The van der Waals surface area contributed by atoms with Gasteiger partial charge in [0.15, 0.2) is 0 Å². The summed E-state index contributed by atoms with van der Waals surface area (Å²) in [4.78, 5) is 161. The quantitative estimate of drug-likeness (QED) is 0.0203. The lowest BCUT2D eigenvalue weighted by atomic mass is 9.94. The number of aliphatic carboxylic acids is 1. The Labute approximate surface area is 499 Å². The van der Waals surface area contributed by atoms with E-state index in [1.165, 1.54) is 0 Å². The lowest BCUT2D eigenvalue weighted by Gasteiger charge is -2.31. The molecule has 13 atom stereocenters. The highest BCUT2D eigenvalue weighted by Crippen LogP contribution is 2.16. The lowest BCUT2D eigenvalue weighted by molar-refractivity contribution is -0.143. The maximum absolute atomic E-state index is 14.2. The highest BCUT2D eigenvalue weighted by molar-refractivity contribution is 5.99. The summed E-state index contributed by atoms with van der Waals surface area (Å²) >= 11 is 0. The summed E-state index contributed by atoms with van der Waals surface area (Å²) in [6.07, 6.45) is 0.479. The second-order valence-corrected chi connectivity index (χ2v) is 23.0. The third-order valence-corrected chi connectivity index (χ3v) is 14.4. The molecule has 0 aromatic rings. The van der Waals surface area contributed by atoms with Gasteiger partial charge in [0.05, 0.1) is 26.3 Å². The van der Waals surface area contributed by atoms with Gasteiger partial charge in [-0.25, -0.2) is 4.79 Å². The van der Waals surface area contributed by atoms with E-state index in [0.29, 0.717) is 19.3 Å². The van der Waals surface area contributed by atoms with Crippen LogP contribution in [-0.4, -0.2) is 186 Å². The van der Waals surface area contributed by atoms with E-state index >= 15 is 0 Å². The average Bonchev–Trinajstić information content (AvgIpc) is 3.44. The van der Waals surface area contributed by atoms with Gasteiger partial charge in [0.1, 0.15) is 66.7 Å². The molecule has 0 heterocycles. The molecule has 0 spiro atoms. The smallest absolute Gasteiger partial charge is 0.328 e. The Morgan fingerprint density at radius 3 is 1.13 bits per heavy atom. The van der Waals surface area contributed by atoms with Gasteiger partial charge in [-0.15, -0.1) is 0 Å². The van der Waals surface area contributed by atoms with Gasteiger partial charge in [-0.3, -0.25) is 58.1 Å². The summed E-state index contributed by atoms with van der Waals surface area (Å²) in [5.74, 6) is -13.6. The Kier molecular flexibility index (Phi) is 36.8. The number of rotatable bonds is 41. The zero-order valence-corrected chi connectivity index (χ0v) is 52.1. The number of hydrogen-bond acceptors (Lipinski definition) is 18. The number of carbonyl (C=O) groups excluding carboxylic acids is 11. The van der Waals surface area contributed by atoms with Gasteiger partial charge in [0, 0.05) is 0 Å². The van der Waals surface area contributed by atoms with Crippen molar-refractivity contribution >= 4 is 70.9 Å². The number of carboxylic acids is 1. The second-order valence-electron chi connectivity index (χ2n) is 23.0. The predicted octanol–water partition coefficient (Wildman–Crippen LogP) is -4.30. The molecule has 0 rings (SSSR count). The topological polar surface area (TPSA) is 488 Å². The Morgan fingerprint density at radius 2 is 0.753 bits per heavy atom. The van der Waals surface area contributed by atoms with Gasteiger partial charge in [-0.2, -0.15) is 0 Å². The van der Waals surface area contributed by atoms with E-state index in [1.807, 2.05) is 0 Å². The fourth-order valence-electron chi connectivity index (χ4n) is 8.43. The molecule has 30 heteroatoms. The van der Waals surface area contributed by atoms with Crippen LogP contribution in [-0.2, 0) is 57.5 Å². The summed E-state index contributed by atoms with van der Waals surface area (Å²) in [7, 11) is 0. The number of hydrogen-bond donors (Lipinski definition) is 18. The zero-order chi connectivity index (χ0) is 65.6. The minimum Gasteiger partial charge on any atom is -0.480 e. The first-order chi connectivity index (χ1) is 39.7. The Morgan fingerprint density at radius 1 is 0.412 bits per heavy atom. The first kappa shape index (κ1) is 78.4. The van der Waals surface area contributed by atoms with Crippen LogP contribution in [0.1, 0.15) is 135 Å². The Balaban J connectivity index is 6.57. The first-order valence-electron chi connectivity index (χ1n) is 29.3. The fraction of sp³-hybridized carbons (Fsp3) is 0.782. The number of nitrogens with one attached hydrogen (secondary N) is 12. The molecule has 0 saturated heterocycles. The zero-order valence-electron chi connectivity index (χ0n) is 52.1. The van der Waals surface area contributed by atoms with Crippen LogP contribution >= 0.6 is 0 Å². The van der Waals surface area contributed by atoms with Crippen molar-refractivity contribution in [2.24, 2.45) is 58.6 Å². The van der Waals surface area contributed by atoms with Crippen LogP contribution in [0.5, 0.6) is 0 Å². The number of amides is 11. The summed E-state index contributed by atoms with van der Waals surface area (Å²) in [5.41, 5.74) is 16.6. The third kappa shape index (κ3) is 28.0. The van der Waals surface area contributed by atoms with Crippen LogP contribution in [0.4, 0.5) is 0 Å². The molecular weight excluding hydrogens is 1110 g/mol. The van der Waals surface area contributed by atoms with E-state index in [4.69, 9.17) is 17.2 Å². The van der Waals surface area contributed by atoms with Crippen molar-refractivity contribution in [1.82, 2.24) is 63.8 Å². The number of aliphatic hydroxyl groups excluding tert-OH is 2. The molecule has 0 unspecified atom stereocenters. The van der Waals surface area contributed by atoms with Crippen LogP contribution < -0.4 is 81.0 Å². The monoisotopic (exact) mass is 1210 g/mol. The highest BCUT2D eigenvalue weighted by atomic mass is 16.4. The van der Waals surface area contributed by atoms with Gasteiger partial charge in [0.2, 0.25) is 65.0 Å². The molecule has 0 aromatic heterocycles. The standard InChI is InChI=1S/C55H103N15O15/c1-15-30(12)42(51(81)63-34(21-26(4)5)46(76)64-36(25-72)54(84)85)70-53(83)43(31(13)16-2)68-45(75)33(19-18-20-59-55(57)58)61-38(74)23-60-48(78)39(27(6)7)66-52(82)44(32(14)17-3)69-50(80)41(29(10)11)67-49(79)40(28(8)9)65-47(77)35(24-71)62-37(73)22-56/h26-36,39-44,55,59,71-72H,15-25,56-58H2,1-14H3,(H,60,78)(H,61,74)(H,62,73)(H,63,81)(H,64,76)(H,65,77)(H,66,82)(H,67,79)(H,68,75)(H,69,80)(H,70,83)(H,84,85)/t30-,31-,32-,33-,34-,35-,36-,39-,40-,41-,42-,43-,44-/m0/s1. The molecule has 30 nitrogen and oxygen atoms in total. The molecule has 0 aliphatic rings. The summed E-state index contributed by atoms with van der Waals surface area (Å²) < 4.78 is 0. The molecule has 11 amide bonds. The van der Waals surface area contributed by atoms with Crippen LogP contribution in [0.15, 0.2) is 0 Å². The minimum atomic E-state index is -1.64. The predicted molar refractivity (Wildman–Crippen MR) is 315 cm³/mol. The highest BCUT2D eigenvalue weighted by Gasteiger charge is 2.39. The summed E-state index contributed by atoms with van der Waals surface area (Å²) in [5, 5.41) is 59.7. The molecule has 85 heavy (non-hydrogen) atoms. The molecular formula is C55H103N15O15. The van der Waals surface area contributed by atoms with Gasteiger partial charge >= 0.3 is 5.97 Å². The van der Waals surface area contributed by atoms with E-state index in [1.54, 1.807) is 96.9 Å². The van der Waals surface area contributed by atoms with Crippen molar-refractivity contribution in [3.05, 3.63) is 0 Å². The van der Waals surface area contributed by atoms with Crippen molar-refractivity contribution in [2.45, 2.75) is 202 Å². The van der Waals surface area contributed by atoms with Gasteiger partial charge in [0.25, 0.3) is 0 Å². The van der Waals surface area contributed by atoms with Crippen LogP contribution in [0.3, 0.4) is 0 Å². The van der Waals surface area contributed by atoms with Crippen molar-refractivity contribution in [3.63, 3.8) is 0 Å². The van der Waals surface area contributed by atoms with Crippen molar-refractivity contribution in [3.8, 4) is 0 Å². The maximum Gasteiger partial charge on any atom is 0.328 e. The average molecular weight is 1210 g/mol. The van der Waals surface area contributed by atoms with Crippen molar-refractivity contribution in [2.75, 3.05) is 32.8 Å². The van der Waals surface area contributed by atoms with Crippen molar-refractivity contribution in [1.29, 1.82) is 0 Å². The van der Waals surface area contributed by atoms with E-state index in [0.717, 1.165) is 0 Å². The molecule has 488 valence electrons. The molecule has 0 saturated carbocycles. The molecule has 0 radical (unpaired) electrons. The molecule has 0 aliphatic heterocycles. The third-order valence-electron chi connectivity index (χ3n) is 14.4. The van der Waals surface area contributed by atoms with Gasteiger partial charge in [-0.05, 0) is 67.2 Å². The molecule has 0 aromatic carbocycles. The molecule has 0 fully saturated rings. The fourth-order valence-corrected chi connectivity index (χ4v) is 8.43. The number of nitrogens with two attached hydrogens (primary N) is 3. The largest absolute Gasteiger partial charge is 0.480 e. The van der Waals surface area contributed by atoms with Crippen LogP contribution in [0.25, 0.3) is 0 Å². The van der Waals surface area contributed by atoms with Crippen LogP contribution in [0.2, 0.25) is 0 Å². The SMILES string of the molecule is CC[C@H](C)[C@H](NC(=O)[C@H](CCCNC(N)N)NC(=O)CNC(=O)[C@@H](NC(=O)[C@@H](NC(=O)[C@@H](NC(=O)[C@@H](NC(=O)[C@H](CO)NC(=O)CN)C(C)C)C(C)C)[C@@H](C)CC)C(C)C)C(=O)N[C@H](C(=O)N[C@@H](CC(C)C)C(=O)N[C@@H](CO)C(=O)O)[C@@H](C)CC. The van der Waals surface area contributed by atoms with Gasteiger partial charge < -0.3 is 91.0 Å². The van der Waals surface area contributed by atoms with Gasteiger partial charge in [-0.1, -0.05) is 116 Å². The first-order valence-corrected chi connectivity index (χ1v) is 29.3. The molecule has 0 bridgehead atoms. The van der Waals surface area contributed by atoms with E-state index in [9.17, 15) is 72.9 Å². The number of aliphatic hydroxyl groups is 2. The Bertz CT molecular complexity index is 2200. The van der Waals surface area contributed by atoms with E-state index in [2.05, 4.69) is 63.8 Å². The Hall–Kier alpha value is -6.60. The van der Waals surface area contributed by atoms with E-state index in [-0.39, 0.29) is 31.7 Å². The molecule has 21 N–H and O–H groups in total. The minimum absolute atomic E-state index is 0.0263. The van der Waals surface area contributed by atoms with E-state index < -0.39 is 199 Å². The summed E-state index contributed by atoms with van der Waals surface area (Å²) in [6.45, 7) is 21.1. The summed E-state index contributed by atoms with van der Waals surface area (Å²) in [6, 6.07) is -13.1. The lowest BCUT2D eigenvalue weighted by Crippen LogP contribution is -2.62. The normalized spacial score (nSPS) is 16.1. The second kappa shape index (κ2) is 39.9. The number of carbonyl (C=O) groups is 12. The number of carboxylic acid groups (broad SMARTS) is 1.